The molecular formula is C15H19BrN4O. The molecule has 1 heterocycles. The second kappa shape index (κ2) is 6.30. The van der Waals surface area contributed by atoms with Gasteiger partial charge in [0.25, 0.3) is 0 Å². The molecule has 0 fully saturated rings. The standard InChI is InChI=1S/C15H19BrN4O/c1-10(2)20-9-13(16)14(18-20)11-5-7-12(8-6-11)17-15(21)19(3)4/h5-10H,1-4H3,(H,17,21). The molecule has 112 valence electrons. The van der Waals surface area contributed by atoms with Crippen LogP contribution in [0, 0.1) is 0 Å². The minimum absolute atomic E-state index is 0.145. The summed E-state index contributed by atoms with van der Waals surface area (Å²) in [5.41, 5.74) is 2.66. The van der Waals surface area contributed by atoms with Crippen molar-refractivity contribution >= 4 is 27.6 Å². The van der Waals surface area contributed by atoms with E-state index in [1.807, 2.05) is 35.1 Å². The Balaban J connectivity index is 2.21. The molecule has 2 rings (SSSR count). The molecule has 0 saturated heterocycles. The summed E-state index contributed by atoms with van der Waals surface area (Å²) >= 11 is 3.54. The number of anilines is 1. The van der Waals surface area contributed by atoms with E-state index < -0.39 is 0 Å². The Morgan fingerprint density at radius 3 is 2.38 bits per heavy atom. The van der Waals surface area contributed by atoms with Gasteiger partial charge in [-0.3, -0.25) is 4.68 Å². The van der Waals surface area contributed by atoms with Crippen molar-refractivity contribution in [2.75, 3.05) is 19.4 Å². The number of rotatable bonds is 3. The highest BCUT2D eigenvalue weighted by Gasteiger charge is 2.11. The van der Waals surface area contributed by atoms with Gasteiger partial charge in [0.05, 0.1) is 4.47 Å². The largest absolute Gasteiger partial charge is 0.331 e. The first-order valence-electron chi connectivity index (χ1n) is 6.72. The van der Waals surface area contributed by atoms with Gasteiger partial charge in [-0.05, 0) is 41.9 Å². The maximum Gasteiger partial charge on any atom is 0.321 e. The van der Waals surface area contributed by atoms with Gasteiger partial charge in [-0.25, -0.2) is 4.79 Å². The van der Waals surface area contributed by atoms with Gasteiger partial charge in [0.2, 0.25) is 0 Å². The van der Waals surface area contributed by atoms with Gasteiger partial charge in [-0.2, -0.15) is 5.10 Å². The van der Waals surface area contributed by atoms with Crippen LogP contribution >= 0.6 is 15.9 Å². The topological polar surface area (TPSA) is 50.2 Å². The van der Waals surface area contributed by atoms with Crippen LogP contribution in [0.3, 0.4) is 0 Å². The molecule has 1 N–H and O–H groups in total. The summed E-state index contributed by atoms with van der Waals surface area (Å²) in [6.07, 6.45) is 1.97. The third-order valence-electron chi connectivity index (χ3n) is 3.03. The Kier molecular flexibility index (Phi) is 4.67. The first kappa shape index (κ1) is 15.6. The van der Waals surface area contributed by atoms with Crippen molar-refractivity contribution < 1.29 is 4.79 Å². The lowest BCUT2D eigenvalue weighted by molar-refractivity contribution is 0.230. The molecule has 0 saturated carbocycles. The lowest BCUT2D eigenvalue weighted by Gasteiger charge is -2.12. The van der Waals surface area contributed by atoms with E-state index in [-0.39, 0.29) is 6.03 Å². The van der Waals surface area contributed by atoms with Crippen LogP contribution in [0.1, 0.15) is 19.9 Å². The Hall–Kier alpha value is -1.82. The summed E-state index contributed by atoms with van der Waals surface area (Å²) in [7, 11) is 3.42. The fraction of sp³-hybridized carbons (Fsp3) is 0.333. The maximum absolute atomic E-state index is 11.6. The van der Waals surface area contributed by atoms with Gasteiger partial charge in [-0.15, -0.1) is 0 Å². The highest BCUT2D eigenvalue weighted by Crippen LogP contribution is 2.28. The number of urea groups is 1. The van der Waals surface area contributed by atoms with Gasteiger partial charge in [0.1, 0.15) is 5.69 Å². The molecule has 0 spiro atoms. The van der Waals surface area contributed by atoms with Gasteiger partial charge in [0.15, 0.2) is 0 Å². The second-order valence-corrected chi connectivity index (χ2v) is 6.16. The quantitative estimate of drug-likeness (QED) is 0.909. The lowest BCUT2D eigenvalue weighted by atomic mass is 10.1. The summed E-state index contributed by atoms with van der Waals surface area (Å²) in [6, 6.07) is 7.81. The predicted octanol–water partition coefficient (Wildman–Crippen LogP) is 3.99. The lowest BCUT2D eigenvalue weighted by Crippen LogP contribution is -2.27. The zero-order valence-electron chi connectivity index (χ0n) is 12.6. The molecule has 21 heavy (non-hydrogen) atoms. The van der Waals surface area contributed by atoms with E-state index in [1.54, 1.807) is 14.1 Å². The SMILES string of the molecule is CC(C)n1cc(Br)c(-c2ccc(NC(=O)N(C)C)cc2)n1. The van der Waals surface area contributed by atoms with Crippen molar-refractivity contribution in [3.8, 4) is 11.3 Å². The van der Waals surface area contributed by atoms with Crippen molar-refractivity contribution in [3.05, 3.63) is 34.9 Å². The van der Waals surface area contributed by atoms with Gasteiger partial charge < -0.3 is 10.2 Å². The third-order valence-corrected chi connectivity index (χ3v) is 3.61. The molecule has 2 amide bonds. The van der Waals surface area contributed by atoms with Crippen molar-refractivity contribution in [2.45, 2.75) is 19.9 Å². The van der Waals surface area contributed by atoms with E-state index >= 15 is 0 Å². The minimum atomic E-state index is -0.145. The molecule has 5 nitrogen and oxygen atoms in total. The first-order chi connectivity index (χ1) is 9.88. The maximum atomic E-state index is 11.6. The Morgan fingerprint density at radius 2 is 1.90 bits per heavy atom. The average Bonchev–Trinajstić information content (AvgIpc) is 2.82. The highest BCUT2D eigenvalue weighted by atomic mass is 79.9. The Bertz CT molecular complexity index is 632. The third kappa shape index (κ3) is 3.64. The van der Waals surface area contributed by atoms with Crippen LogP contribution in [-0.2, 0) is 0 Å². The van der Waals surface area contributed by atoms with Crippen LogP contribution in [0.4, 0.5) is 10.5 Å². The number of carbonyl (C=O) groups is 1. The first-order valence-corrected chi connectivity index (χ1v) is 7.51. The Morgan fingerprint density at radius 1 is 1.29 bits per heavy atom. The fourth-order valence-corrected chi connectivity index (χ4v) is 2.29. The van der Waals surface area contributed by atoms with Crippen molar-refractivity contribution in [3.63, 3.8) is 0 Å². The van der Waals surface area contributed by atoms with Crippen LogP contribution in [0.15, 0.2) is 34.9 Å². The summed E-state index contributed by atoms with van der Waals surface area (Å²) < 4.78 is 2.88. The molecule has 0 aliphatic carbocycles. The fourth-order valence-electron chi connectivity index (χ4n) is 1.78. The van der Waals surface area contributed by atoms with Crippen LogP contribution < -0.4 is 5.32 Å². The summed E-state index contributed by atoms with van der Waals surface area (Å²) in [5, 5.41) is 7.38. The van der Waals surface area contributed by atoms with E-state index in [0.717, 1.165) is 21.4 Å². The smallest absolute Gasteiger partial charge is 0.321 e. The molecule has 0 unspecified atom stereocenters. The predicted molar refractivity (Wildman–Crippen MR) is 88.5 cm³/mol. The minimum Gasteiger partial charge on any atom is -0.331 e. The Labute approximate surface area is 133 Å². The number of benzene rings is 1. The summed E-state index contributed by atoms with van der Waals surface area (Å²) in [5.74, 6) is 0. The number of nitrogens with zero attached hydrogens (tertiary/aromatic N) is 3. The molecule has 0 atom stereocenters. The second-order valence-electron chi connectivity index (χ2n) is 5.30. The zero-order valence-corrected chi connectivity index (χ0v) is 14.2. The monoisotopic (exact) mass is 350 g/mol. The van der Waals surface area contributed by atoms with Crippen LogP contribution in [0.5, 0.6) is 0 Å². The molecule has 0 aliphatic rings. The molecule has 1 aromatic heterocycles. The number of aromatic nitrogens is 2. The molecular weight excluding hydrogens is 332 g/mol. The zero-order chi connectivity index (χ0) is 15.6. The number of halogens is 1. The number of amides is 2. The van der Waals surface area contributed by atoms with Gasteiger partial charge in [0, 0.05) is 37.6 Å². The normalized spacial score (nSPS) is 10.8. The van der Waals surface area contributed by atoms with Crippen molar-refractivity contribution in [1.29, 1.82) is 0 Å². The number of hydrogen-bond donors (Lipinski definition) is 1. The molecule has 2 aromatic rings. The number of carbonyl (C=O) groups excluding carboxylic acids is 1. The van der Waals surface area contributed by atoms with Gasteiger partial charge in [-0.1, -0.05) is 12.1 Å². The molecule has 1 aromatic carbocycles. The molecule has 6 heteroatoms. The van der Waals surface area contributed by atoms with E-state index in [1.165, 1.54) is 4.90 Å². The number of nitrogens with one attached hydrogen (secondary N) is 1. The molecule has 0 bridgehead atoms. The van der Waals surface area contributed by atoms with Crippen molar-refractivity contribution in [1.82, 2.24) is 14.7 Å². The van der Waals surface area contributed by atoms with Crippen LogP contribution in [-0.4, -0.2) is 34.8 Å². The van der Waals surface area contributed by atoms with E-state index in [9.17, 15) is 4.79 Å². The van der Waals surface area contributed by atoms with E-state index in [4.69, 9.17) is 0 Å². The highest BCUT2D eigenvalue weighted by molar-refractivity contribution is 9.10. The van der Waals surface area contributed by atoms with Gasteiger partial charge >= 0.3 is 6.03 Å². The average molecular weight is 351 g/mol. The summed E-state index contributed by atoms with van der Waals surface area (Å²) in [4.78, 5) is 13.1. The van der Waals surface area contributed by atoms with E-state index in [0.29, 0.717) is 6.04 Å². The van der Waals surface area contributed by atoms with Crippen LogP contribution in [0.25, 0.3) is 11.3 Å². The van der Waals surface area contributed by atoms with E-state index in [2.05, 4.69) is 40.2 Å². The van der Waals surface area contributed by atoms with Crippen molar-refractivity contribution in [2.24, 2.45) is 0 Å². The summed E-state index contributed by atoms with van der Waals surface area (Å²) in [6.45, 7) is 4.17. The number of hydrogen-bond acceptors (Lipinski definition) is 2. The molecule has 0 radical (unpaired) electrons. The van der Waals surface area contributed by atoms with Crippen LogP contribution in [0.2, 0.25) is 0 Å². The molecule has 0 aliphatic heterocycles.